The minimum Gasteiger partial charge on any atom is -0.396 e. The number of carbonyl (C=O) groups is 1. The fourth-order valence-electron chi connectivity index (χ4n) is 2.67. The van der Waals surface area contributed by atoms with E-state index in [0.29, 0.717) is 12.2 Å². The van der Waals surface area contributed by atoms with Crippen LogP contribution in [0.25, 0.3) is 0 Å². The second kappa shape index (κ2) is 6.30. The predicted molar refractivity (Wildman–Crippen MR) is 83.0 cm³/mol. The second-order valence-electron chi connectivity index (χ2n) is 5.95. The van der Waals surface area contributed by atoms with Gasteiger partial charge in [-0.05, 0) is 24.8 Å². The Bertz CT molecular complexity index is 495. The molecule has 114 valence electrons. The Morgan fingerprint density at radius 1 is 1.33 bits per heavy atom. The van der Waals surface area contributed by atoms with Gasteiger partial charge in [-0.25, -0.2) is 0 Å². The first-order valence-corrected chi connectivity index (χ1v) is 7.66. The van der Waals surface area contributed by atoms with E-state index >= 15 is 0 Å². The van der Waals surface area contributed by atoms with Crippen molar-refractivity contribution in [3.63, 3.8) is 0 Å². The molecule has 1 aromatic heterocycles. The fourth-order valence-corrected chi connectivity index (χ4v) is 2.67. The lowest BCUT2D eigenvalue weighted by molar-refractivity contribution is -0.122. The van der Waals surface area contributed by atoms with Crippen LogP contribution in [0.4, 0.5) is 11.4 Å². The molecule has 0 unspecified atom stereocenters. The average Bonchev–Trinajstić information content (AvgIpc) is 3.31. The molecular weight excluding hydrogens is 266 g/mol. The Kier molecular flexibility index (Phi) is 4.24. The van der Waals surface area contributed by atoms with Gasteiger partial charge in [0.15, 0.2) is 0 Å². The van der Waals surface area contributed by atoms with Crippen molar-refractivity contribution in [3.8, 4) is 0 Å². The van der Waals surface area contributed by atoms with Crippen molar-refractivity contribution in [2.75, 3.05) is 49.9 Å². The summed E-state index contributed by atoms with van der Waals surface area (Å²) in [6.45, 7) is 4.92. The van der Waals surface area contributed by atoms with E-state index in [9.17, 15) is 4.79 Å². The molecule has 0 spiro atoms. The number of amides is 1. The van der Waals surface area contributed by atoms with Crippen molar-refractivity contribution >= 4 is 17.3 Å². The molecule has 21 heavy (non-hydrogen) atoms. The van der Waals surface area contributed by atoms with Gasteiger partial charge in [0.1, 0.15) is 0 Å². The van der Waals surface area contributed by atoms with Crippen LogP contribution in [-0.4, -0.2) is 55.1 Å². The number of hydrogen-bond acceptors (Lipinski definition) is 5. The Balaban J connectivity index is 1.44. The number of nitrogen functional groups attached to an aromatic ring is 1. The van der Waals surface area contributed by atoms with E-state index in [1.54, 1.807) is 12.4 Å². The minimum absolute atomic E-state index is 0.152. The van der Waals surface area contributed by atoms with Crippen LogP contribution >= 0.6 is 0 Å². The highest BCUT2D eigenvalue weighted by Crippen LogP contribution is 2.27. The second-order valence-corrected chi connectivity index (χ2v) is 5.95. The largest absolute Gasteiger partial charge is 0.396 e. The SMILES string of the molecule is Nc1cnccc1N1CCN(CC(=O)NCC2CC2)CC1. The summed E-state index contributed by atoms with van der Waals surface area (Å²) in [5.41, 5.74) is 7.72. The summed E-state index contributed by atoms with van der Waals surface area (Å²) in [5, 5.41) is 3.02. The molecule has 2 fully saturated rings. The summed E-state index contributed by atoms with van der Waals surface area (Å²) in [5.74, 6) is 0.888. The molecule has 3 N–H and O–H groups in total. The third-order valence-electron chi connectivity index (χ3n) is 4.19. The van der Waals surface area contributed by atoms with Gasteiger partial charge in [-0.3, -0.25) is 14.7 Å². The van der Waals surface area contributed by atoms with E-state index in [-0.39, 0.29) is 5.91 Å². The van der Waals surface area contributed by atoms with Crippen molar-refractivity contribution in [3.05, 3.63) is 18.5 Å². The van der Waals surface area contributed by atoms with E-state index < -0.39 is 0 Å². The monoisotopic (exact) mass is 289 g/mol. The number of piperazine rings is 1. The summed E-state index contributed by atoms with van der Waals surface area (Å²) in [6.07, 6.45) is 6.00. The van der Waals surface area contributed by atoms with Crippen LogP contribution in [0, 0.1) is 5.92 Å². The van der Waals surface area contributed by atoms with Gasteiger partial charge in [-0.2, -0.15) is 0 Å². The smallest absolute Gasteiger partial charge is 0.234 e. The van der Waals surface area contributed by atoms with Crippen LogP contribution in [-0.2, 0) is 4.79 Å². The zero-order valence-corrected chi connectivity index (χ0v) is 12.3. The maximum absolute atomic E-state index is 11.9. The number of nitrogens with zero attached hydrogens (tertiary/aromatic N) is 3. The molecule has 0 aromatic carbocycles. The molecule has 1 amide bonds. The highest BCUT2D eigenvalue weighted by molar-refractivity contribution is 5.78. The maximum atomic E-state index is 11.9. The Labute approximate surface area is 125 Å². The van der Waals surface area contributed by atoms with E-state index in [2.05, 4.69) is 20.1 Å². The molecule has 2 aliphatic rings. The molecular formula is C15H23N5O. The van der Waals surface area contributed by atoms with Gasteiger partial charge in [0.2, 0.25) is 5.91 Å². The summed E-state index contributed by atoms with van der Waals surface area (Å²) in [7, 11) is 0. The molecule has 0 radical (unpaired) electrons. The summed E-state index contributed by atoms with van der Waals surface area (Å²) in [6, 6.07) is 1.95. The molecule has 6 nitrogen and oxygen atoms in total. The summed E-state index contributed by atoms with van der Waals surface area (Å²) in [4.78, 5) is 20.3. The van der Waals surface area contributed by atoms with Crippen molar-refractivity contribution in [2.24, 2.45) is 5.92 Å². The summed E-state index contributed by atoms with van der Waals surface area (Å²) < 4.78 is 0. The van der Waals surface area contributed by atoms with E-state index in [1.165, 1.54) is 12.8 Å². The highest BCUT2D eigenvalue weighted by Gasteiger charge is 2.23. The normalized spacial score (nSPS) is 19.5. The Morgan fingerprint density at radius 2 is 2.10 bits per heavy atom. The first-order chi connectivity index (χ1) is 10.2. The first kappa shape index (κ1) is 14.1. The number of nitrogens with one attached hydrogen (secondary N) is 1. The highest BCUT2D eigenvalue weighted by atomic mass is 16.2. The van der Waals surface area contributed by atoms with E-state index in [1.807, 2.05) is 6.07 Å². The maximum Gasteiger partial charge on any atom is 0.234 e. The van der Waals surface area contributed by atoms with Crippen LogP contribution in [0.5, 0.6) is 0 Å². The van der Waals surface area contributed by atoms with Crippen LogP contribution in [0.2, 0.25) is 0 Å². The van der Waals surface area contributed by atoms with Crippen LogP contribution in [0.1, 0.15) is 12.8 Å². The molecule has 0 bridgehead atoms. The number of pyridine rings is 1. The molecule has 0 atom stereocenters. The van der Waals surface area contributed by atoms with Gasteiger partial charge >= 0.3 is 0 Å². The van der Waals surface area contributed by atoms with Gasteiger partial charge in [0.05, 0.1) is 24.1 Å². The Hall–Kier alpha value is -1.82. The number of anilines is 2. The summed E-state index contributed by atoms with van der Waals surface area (Å²) >= 11 is 0. The van der Waals surface area contributed by atoms with Crippen LogP contribution < -0.4 is 16.0 Å². The third kappa shape index (κ3) is 3.85. The molecule has 6 heteroatoms. The number of aromatic nitrogens is 1. The lowest BCUT2D eigenvalue weighted by Crippen LogP contribution is -2.49. The van der Waals surface area contributed by atoms with Crippen LogP contribution in [0.15, 0.2) is 18.5 Å². The van der Waals surface area contributed by atoms with Crippen molar-refractivity contribution < 1.29 is 4.79 Å². The molecule has 1 aliphatic carbocycles. The zero-order valence-electron chi connectivity index (χ0n) is 12.3. The van der Waals surface area contributed by atoms with E-state index in [0.717, 1.165) is 44.3 Å². The molecule has 3 rings (SSSR count). The molecule has 1 saturated heterocycles. The standard InChI is InChI=1S/C15H23N5O/c16-13-10-17-4-3-14(13)20-7-5-19(6-8-20)11-15(21)18-9-12-1-2-12/h3-4,10,12H,1-2,5-9,11,16H2,(H,18,21). The van der Waals surface area contributed by atoms with Gasteiger partial charge in [0.25, 0.3) is 0 Å². The lowest BCUT2D eigenvalue weighted by atomic mass is 10.2. The lowest BCUT2D eigenvalue weighted by Gasteiger charge is -2.36. The van der Waals surface area contributed by atoms with Crippen molar-refractivity contribution in [1.82, 2.24) is 15.2 Å². The van der Waals surface area contributed by atoms with Gasteiger partial charge in [0, 0.05) is 38.9 Å². The quantitative estimate of drug-likeness (QED) is 0.816. The molecule has 1 aromatic rings. The van der Waals surface area contributed by atoms with Gasteiger partial charge in [-0.1, -0.05) is 0 Å². The van der Waals surface area contributed by atoms with Gasteiger partial charge < -0.3 is 16.0 Å². The average molecular weight is 289 g/mol. The fraction of sp³-hybridized carbons (Fsp3) is 0.600. The van der Waals surface area contributed by atoms with Crippen LogP contribution in [0.3, 0.4) is 0 Å². The zero-order chi connectivity index (χ0) is 14.7. The number of nitrogens with two attached hydrogens (primary N) is 1. The molecule has 2 heterocycles. The minimum atomic E-state index is 0.152. The van der Waals surface area contributed by atoms with Gasteiger partial charge in [-0.15, -0.1) is 0 Å². The topological polar surface area (TPSA) is 74.5 Å². The van der Waals surface area contributed by atoms with Crippen molar-refractivity contribution in [1.29, 1.82) is 0 Å². The third-order valence-corrected chi connectivity index (χ3v) is 4.19. The van der Waals surface area contributed by atoms with E-state index in [4.69, 9.17) is 5.73 Å². The Morgan fingerprint density at radius 3 is 2.76 bits per heavy atom. The molecule has 1 aliphatic heterocycles. The predicted octanol–water partition coefficient (Wildman–Crippen LogP) is 0.312. The van der Waals surface area contributed by atoms with Crippen molar-refractivity contribution in [2.45, 2.75) is 12.8 Å². The number of rotatable bonds is 5. The number of carbonyl (C=O) groups excluding carboxylic acids is 1. The number of hydrogen-bond donors (Lipinski definition) is 2. The molecule has 1 saturated carbocycles. The first-order valence-electron chi connectivity index (χ1n) is 7.66.